The Morgan fingerprint density at radius 3 is 2.93 bits per heavy atom. The lowest BCUT2D eigenvalue weighted by Gasteiger charge is -2.01. The lowest BCUT2D eigenvalue weighted by atomic mass is 10.3. The van der Waals surface area contributed by atoms with Crippen LogP contribution >= 0.6 is 11.5 Å². The first-order valence-corrected chi connectivity index (χ1v) is 5.22. The van der Waals surface area contributed by atoms with Crippen LogP contribution in [0.2, 0.25) is 0 Å². The number of carbonyl (C=O) groups is 2. The van der Waals surface area contributed by atoms with Crippen molar-refractivity contribution in [3.8, 4) is 0 Å². The summed E-state index contributed by atoms with van der Waals surface area (Å²) in [4.78, 5) is 22.2. The molecule has 0 aliphatic rings. The predicted octanol–water partition coefficient (Wildman–Crippen LogP) is 0.820. The smallest absolute Gasteiger partial charge is 0.306 e. The molecule has 0 unspecified atom stereocenters. The van der Waals surface area contributed by atoms with Crippen LogP contribution in [-0.4, -0.2) is 28.1 Å². The van der Waals surface area contributed by atoms with E-state index in [1.165, 1.54) is 6.20 Å². The van der Waals surface area contributed by atoms with E-state index in [9.17, 15) is 9.59 Å². The minimum absolute atomic E-state index is 0.0892. The molecule has 1 aromatic heterocycles. The number of anilines is 1. The molecular formula is C8H11N3O3S. The maximum absolute atomic E-state index is 11.3. The van der Waals surface area contributed by atoms with Crippen LogP contribution in [0.5, 0.6) is 0 Å². The Hall–Kier alpha value is -1.50. The van der Waals surface area contributed by atoms with Crippen molar-refractivity contribution in [2.45, 2.75) is 19.8 Å². The van der Waals surface area contributed by atoms with Gasteiger partial charge in [0, 0.05) is 18.0 Å². The van der Waals surface area contributed by atoms with Gasteiger partial charge < -0.3 is 10.1 Å². The van der Waals surface area contributed by atoms with Gasteiger partial charge in [-0.2, -0.15) is 0 Å². The van der Waals surface area contributed by atoms with Gasteiger partial charge in [-0.3, -0.25) is 9.59 Å². The Morgan fingerprint density at radius 2 is 2.33 bits per heavy atom. The number of ether oxygens (including phenoxy) is 1. The van der Waals surface area contributed by atoms with Gasteiger partial charge >= 0.3 is 5.97 Å². The molecule has 0 aromatic carbocycles. The zero-order chi connectivity index (χ0) is 11.1. The fraction of sp³-hybridized carbons (Fsp3) is 0.500. The van der Waals surface area contributed by atoms with Gasteiger partial charge in [0.15, 0.2) is 0 Å². The van der Waals surface area contributed by atoms with Crippen LogP contribution in [0, 0.1) is 0 Å². The molecule has 0 aliphatic heterocycles. The van der Waals surface area contributed by atoms with Crippen LogP contribution in [0.15, 0.2) is 6.20 Å². The summed E-state index contributed by atoms with van der Waals surface area (Å²) in [5.41, 5.74) is 0. The first-order valence-electron chi connectivity index (χ1n) is 4.45. The minimum atomic E-state index is -0.366. The molecule has 7 heteroatoms. The molecule has 1 amide bonds. The van der Waals surface area contributed by atoms with E-state index in [4.69, 9.17) is 0 Å². The van der Waals surface area contributed by atoms with Gasteiger partial charge in [0.2, 0.25) is 5.91 Å². The highest BCUT2D eigenvalue weighted by Gasteiger charge is 2.08. The molecule has 0 saturated carbocycles. The number of hydrogen-bond acceptors (Lipinski definition) is 6. The summed E-state index contributed by atoms with van der Waals surface area (Å²) in [6.07, 6.45) is 1.65. The number of nitrogens with one attached hydrogen (secondary N) is 1. The summed E-state index contributed by atoms with van der Waals surface area (Å²) in [7, 11) is 0. The van der Waals surface area contributed by atoms with Crippen molar-refractivity contribution in [2.75, 3.05) is 11.9 Å². The summed E-state index contributed by atoms with van der Waals surface area (Å²) in [6.45, 7) is 2.06. The molecule has 0 bridgehead atoms. The molecule has 1 N–H and O–H groups in total. The van der Waals surface area contributed by atoms with Crippen molar-refractivity contribution in [1.82, 2.24) is 9.59 Å². The van der Waals surface area contributed by atoms with E-state index in [1.54, 1.807) is 6.92 Å². The van der Waals surface area contributed by atoms with Crippen molar-refractivity contribution in [2.24, 2.45) is 0 Å². The topological polar surface area (TPSA) is 81.2 Å². The largest absolute Gasteiger partial charge is 0.466 e. The summed E-state index contributed by atoms with van der Waals surface area (Å²) >= 11 is 1.09. The highest BCUT2D eigenvalue weighted by Crippen LogP contribution is 2.09. The molecule has 1 aromatic rings. The number of amides is 1. The Labute approximate surface area is 90.8 Å². The van der Waals surface area contributed by atoms with Gasteiger partial charge in [-0.25, -0.2) is 0 Å². The summed E-state index contributed by atoms with van der Waals surface area (Å²) < 4.78 is 8.27. The number of hydrogen-bond donors (Lipinski definition) is 1. The van der Waals surface area contributed by atoms with Crippen LogP contribution in [-0.2, 0) is 14.3 Å². The van der Waals surface area contributed by atoms with E-state index >= 15 is 0 Å². The maximum Gasteiger partial charge on any atom is 0.306 e. The number of esters is 1. The average Bonchev–Trinajstić information content (AvgIpc) is 2.68. The van der Waals surface area contributed by atoms with E-state index in [-0.39, 0.29) is 24.7 Å². The van der Waals surface area contributed by atoms with Gasteiger partial charge in [0.1, 0.15) is 5.00 Å². The zero-order valence-electron chi connectivity index (χ0n) is 8.23. The van der Waals surface area contributed by atoms with E-state index in [0.717, 1.165) is 11.5 Å². The molecule has 1 heterocycles. The second-order valence-electron chi connectivity index (χ2n) is 2.63. The van der Waals surface area contributed by atoms with Crippen LogP contribution in [0.3, 0.4) is 0 Å². The normalized spacial score (nSPS) is 9.67. The third-order valence-electron chi connectivity index (χ3n) is 1.49. The monoisotopic (exact) mass is 229 g/mol. The second-order valence-corrected chi connectivity index (χ2v) is 3.42. The standard InChI is InChI=1S/C8H11N3O3S/c1-2-14-8(13)4-3-6(12)10-7-5-9-11-15-7/h5H,2-4H2,1H3,(H,10,12). The number of nitrogens with zero attached hydrogens (tertiary/aromatic N) is 2. The molecule has 6 nitrogen and oxygen atoms in total. The van der Waals surface area contributed by atoms with E-state index < -0.39 is 0 Å². The lowest BCUT2D eigenvalue weighted by Crippen LogP contribution is -2.13. The van der Waals surface area contributed by atoms with Crippen molar-refractivity contribution >= 4 is 28.4 Å². The fourth-order valence-electron chi connectivity index (χ4n) is 0.871. The quantitative estimate of drug-likeness (QED) is 0.756. The van der Waals surface area contributed by atoms with E-state index in [2.05, 4.69) is 19.6 Å². The summed E-state index contributed by atoms with van der Waals surface area (Å²) in [6, 6.07) is 0. The van der Waals surface area contributed by atoms with Gasteiger partial charge in [-0.05, 0) is 6.92 Å². The first-order chi connectivity index (χ1) is 7.22. The Kier molecular flexibility index (Phi) is 4.69. The highest BCUT2D eigenvalue weighted by atomic mass is 32.1. The molecule has 0 fully saturated rings. The first kappa shape index (κ1) is 11.6. The third kappa shape index (κ3) is 4.50. The molecule has 0 saturated heterocycles. The van der Waals surface area contributed by atoms with Crippen molar-refractivity contribution in [1.29, 1.82) is 0 Å². The van der Waals surface area contributed by atoms with Crippen LogP contribution in [0.1, 0.15) is 19.8 Å². The van der Waals surface area contributed by atoms with E-state index in [0.29, 0.717) is 11.6 Å². The third-order valence-corrected chi connectivity index (χ3v) is 2.07. The van der Waals surface area contributed by atoms with Crippen LogP contribution in [0.25, 0.3) is 0 Å². The number of rotatable bonds is 5. The Bertz CT molecular complexity index is 326. The van der Waals surface area contributed by atoms with Crippen LogP contribution in [0.4, 0.5) is 5.00 Å². The molecule has 0 radical (unpaired) electrons. The highest BCUT2D eigenvalue weighted by molar-refractivity contribution is 7.10. The molecule has 0 atom stereocenters. The van der Waals surface area contributed by atoms with Crippen molar-refractivity contribution in [3.05, 3.63) is 6.20 Å². The van der Waals surface area contributed by atoms with Gasteiger partial charge in [-0.1, -0.05) is 4.49 Å². The molecule has 0 spiro atoms. The Balaban J connectivity index is 2.22. The molecule has 1 rings (SSSR count). The lowest BCUT2D eigenvalue weighted by molar-refractivity contribution is -0.144. The van der Waals surface area contributed by atoms with Crippen molar-refractivity contribution < 1.29 is 14.3 Å². The predicted molar refractivity (Wildman–Crippen MR) is 54.4 cm³/mol. The molecular weight excluding hydrogens is 218 g/mol. The van der Waals surface area contributed by atoms with Gasteiger partial charge in [-0.15, -0.1) is 5.10 Å². The SMILES string of the molecule is CCOC(=O)CCC(=O)Nc1cnns1. The number of aromatic nitrogens is 2. The average molecular weight is 229 g/mol. The van der Waals surface area contributed by atoms with Crippen molar-refractivity contribution in [3.63, 3.8) is 0 Å². The molecule has 15 heavy (non-hydrogen) atoms. The maximum atomic E-state index is 11.3. The van der Waals surface area contributed by atoms with Gasteiger partial charge in [0.05, 0.1) is 19.2 Å². The second kappa shape index (κ2) is 6.07. The van der Waals surface area contributed by atoms with Crippen LogP contribution < -0.4 is 5.32 Å². The summed E-state index contributed by atoms with van der Waals surface area (Å²) in [5, 5.41) is 6.70. The zero-order valence-corrected chi connectivity index (χ0v) is 9.04. The Morgan fingerprint density at radius 1 is 1.53 bits per heavy atom. The van der Waals surface area contributed by atoms with Gasteiger partial charge in [0.25, 0.3) is 0 Å². The fourth-order valence-corrected chi connectivity index (χ4v) is 1.31. The summed E-state index contributed by atoms with van der Waals surface area (Å²) in [5.74, 6) is -0.607. The minimum Gasteiger partial charge on any atom is -0.466 e. The molecule has 0 aliphatic carbocycles. The number of carbonyl (C=O) groups excluding carboxylic acids is 2. The van der Waals surface area contributed by atoms with E-state index in [1.807, 2.05) is 0 Å². The molecule has 82 valence electrons.